The lowest BCUT2D eigenvalue weighted by atomic mass is 10.2. The lowest BCUT2D eigenvalue weighted by Crippen LogP contribution is -1.83. The molecule has 2 nitrogen and oxygen atoms in total. The first-order valence-electron chi connectivity index (χ1n) is 4.76. The van der Waals surface area contributed by atoms with Gasteiger partial charge in [-0.15, -0.1) is 10.2 Å². The number of halogens is 1. The van der Waals surface area contributed by atoms with Gasteiger partial charge in [0, 0.05) is 16.5 Å². The van der Waals surface area contributed by atoms with Gasteiger partial charge in [0.15, 0.2) is 0 Å². The highest BCUT2D eigenvalue weighted by Crippen LogP contribution is 2.28. The average Bonchev–Trinajstić information content (AvgIpc) is 2.66. The van der Waals surface area contributed by atoms with Crippen LogP contribution in [0.15, 0.2) is 24.3 Å². The third-order valence-corrected chi connectivity index (χ3v) is 3.51. The van der Waals surface area contributed by atoms with Gasteiger partial charge in [0.05, 0.1) is 0 Å². The van der Waals surface area contributed by atoms with E-state index in [-0.39, 0.29) is 0 Å². The van der Waals surface area contributed by atoms with Crippen LogP contribution in [0.2, 0.25) is 5.02 Å². The van der Waals surface area contributed by atoms with Crippen LogP contribution in [0.3, 0.4) is 0 Å². The quantitative estimate of drug-likeness (QED) is 0.791. The second kappa shape index (κ2) is 4.29. The second-order valence-corrected chi connectivity index (χ2v) is 5.06. The lowest BCUT2D eigenvalue weighted by Gasteiger charge is -1.96. The van der Waals surface area contributed by atoms with E-state index in [4.69, 9.17) is 11.6 Å². The van der Waals surface area contributed by atoms with Crippen LogP contribution >= 0.6 is 22.9 Å². The highest BCUT2D eigenvalue weighted by Gasteiger charge is 2.09. The summed E-state index contributed by atoms with van der Waals surface area (Å²) < 4.78 is 0. The van der Waals surface area contributed by atoms with Crippen molar-refractivity contribution in [2.45, 2.75) is 19.8 Å². The standard InChI is InChI=1S/C11H11ClN2S/c1-7(2)10-13-14-11(15-10)8-4-3-5-9(12)6-8/h3-7H,1-2H3. The molecule has 15 heavy (non-hydrogen) atoms. The molecule has 0 spiro atoms. The van der Waals surface area contributed by atoms with Crippen LogP contribution in [-0.2, 0) is 0 Å². The molecule has 0 saturated heterocycles. The van der Waals surface area contributed by atoms with Crippen molar-refractivity contribution in [2.24, 2.45) is 0 Å². The Morgan fingerprint density at radius 1 is 1.27 bits per heavy atom. The zero-order valence-corrected chi connectivity index (χ0v) is 10.1. The van der Waals surface area contributed by atoms with Gasteiger partial charge in [-0.05, 0) is 12.1 Å². The first-order valence-corrected chi connectivity index (χ1v) is 5.95. The van der Waals surface area contributed by atoms with Crippen molar-refractivity contribution in [1.82, 2.24) is 10.2 Å². The van der Waals surface area contributed by atoms with Gasteiger partial charge in [-0.25, -0.2) is 0 Å². The van der Waals surface area contributed by atoms with Crippen molar-refractivity contribution in [3.05, 3.63) is 34.3 Å². The van der Waals surface area contributed by atoms with Crippen LogP contribution < -0.4 is 0 Å². The molecule has 2 rings (SSSR count). The summed E-state index contributed by atoms with van der Waals surface area (Å²) in [4.78, 5) is 0. The number of aromatic nitrogens is 2. The number of hydrogen-bond donors (Lipinski definition) is 0. The Bertz CT molecular complexity index is 465. The van der Waals surface area contributed by atoms with Crippen molar-refractivity contribution in [1.29, 1.82) is 0 Å². The Labute approximate surface area is 97.9 Å². The van der Waals surface area contributed by atoms with E-state index in [9.17, 15) is 0 Å². The molecule has 2 aromatic rings. The van der Waals surface area contributed by atoms with Crippen molar-refractivity contribution >= 4 is 22.9 Å². The van der Waals surface area contributed by atoms with Gasteiger partial charge in [-0.1, -0.05) is 48.9 Å². The Morgan fingerprint density at radius 3 is 2.67 bits per heavy atom. The molecule has 1 aromatic heterocycles. The highest BCUT2D eigenvalue weighted by atomic mass is 35.5. The molecular weight excluding hydrogens is 228 g/mol. The minimum absolute atomic E-state index is 0.426. The van der Waals surface area contributed by atoms with E-state index in [0.29, 0.717) is 5.92 Å². The SMILES string of the molecule is CC(C)c1nnc(-c2cccc(Cl)c2)s1. The fourth-order valence-corrected chi connectivity index (χ4v) is 2.24. The minimum atomic E-state index is 0.426. The predicted octanol–water partition coefficient (Wildman–Crippen LogP) is 3.98. The summed E-state index contributed by atoms with van der Waals surface area (Å²) in [7, 11) is 0. The smallest absolute Gasteiger partial charge is 0.143 e. The van der Waals surface area contributed by atoms with Crippen LogP contribution in [0.25, 0.3) is 10.6 Å². The average molecular weight is 239 g/mol. The van der Waals surface area contributed by atoms with Gasteiger partial charge in [0.2, 0.25) is 0 Å². The molecule has 1 heterocycles. The molecule has 0 aliphatic rings. The maximum absolute atomic E-state index is 5.92. The summed E-state index contributed by atoms with van der Waals surface area (Å²) in [6.45, 7) is 4.23. The van der Waals surface area contributed by atoms with Gasteiger partial charge in [0.1, 0.15) is 10.0 Å². The molecular formula is C11H11ClN2S. The van der Waals surface area contributed by atoms with Crippen molar-refractivity contribution in [3.63, 3.8) is 0 Å². The molecule has 0 fully saturated rings. The normalized spacial score (nSPS) is 10.9. The maximum Gasteiger partial charge on any atom is 0.147 e. The molecule has 0 N–H and O–H groups in total. The molecule has 0 amide bonds. The van der Waals surface area contributed by atoms with Gasteiger partial charge < -0.3 is 0 Å². The molecule has 1 aromatic carbocycles. The van der Waals surface area contributed by atoms with Crippen LogP contribution in [0, 0.1) is 0 Å². The molecule has 0 saturated carbocycles. The monoisotopic (exact) mass is 238 g/mol. The molecule has 0 bridgehead atoms. The molecule has 0 aliphatic heterocycles. The molecule has 0 radical (unpaired) electrons. The molecule has 78 valence electrons. The topological polar surface area (TPSA) is 25.8 Å². The van der Waals surface area contributed by atoms with Gasteiger partial charge in [0.25, 0.3) is 0 Å². The molecule has 0 aliphatic carbocycles. The first kappa shape index (κ1) is 10.6. The van der Waals surface area contributed by atoms with E-state index in [2.05, 4.69) is 24.0 Å². The van der Waals surface area contributed by atoms with Crippen molar-refractivity contribution < 1.29 is 0 Å². The fraction of sp³-hybridized carbons (Fsp3) is 0.273. The van der Waals surface area contributed by atoms with Crippen molar-refractivity contribution in [2.75, 3.05) is 0 Å². The van der Waals surface area contributed by atoms with E-state index in [1.807, 2.05) is 24.3 Å². The number of nitrogens with zero attached hydrogens (tertiary/aromatic N) is 2. The van der Waals surface area contributed by atoms with E-state index < -0.39 is 0 Å². The summed E-state index contributed by atoms with van der Waals surface area (Å²) in [6.07, 6.45) is 0. The number of benzene rings is 1. The summed E-state index contributed by atoms with van der Waals surface area (Å²) in [5, 5.41) is 11.0. The number of hydrogen-bond acceptors (Lipinski definition) is 3. The Hall–Kier alpha value is -0.930. The van der Waals surface area contributed by atoms with Crippen LogP contribution in [0.5, 0.6) is 0 Å². The first-order chi connectivity index (χ1) is 7.16. The van der Waals surface area contributed by atoms with Gasteiger partial charge in [-0.2, -0.15) is 0 Å². The van der Waals surface area contributed by atoms with E-state index in [0.717, 1.165) is 20.6 Å². The Balaban J connectivity index is 2.37. The zero-order chi connectivity index (χ0) is 10.8. The highest BCUT2D eigenvalue weighted by molar-refractivity contribution is 7.14. The molecule has 0 atom stereocenters. The summed E-state index contributed by atoms with van der Waals surface area (Å²) >= 11 is 7.54. The zero-order valence-electron chi connectivity index (χ0n) is 8.57. The lowest BCUT2D eigenvalue weighted by molar-refractivity contribution is 0.825. The third-order valence-electron chi connectivity index (χ3n) is 2.01. The maximum atomic E-state index is 5.92. The van der Waals surface area contributed by atoms with Gasteiger partial charge in [-0.3, -0.25) is 0 Å². The van der Waals surface area contributed by atoms with Crippen molar-refractivity contribution in [3.8, 4) is 10.6 Å². The summed E-state index contributed by atoms with van der Waals surface area (Å²) in [5.74, 6) is 0.426. The summed E-state index contributed by atoms with van der Waals surface area (Å²) in [6, 6.07) is 7.69. The summed E-state index contributed by atoms with van der Waals surface area (Å²) in [5.41, 5.74) is 1.03. The van der Waals surface area contributed by atoms with E-state index in [1.54, 1.807) is 11.3 Å². The molecule has 4 heteroatoms. The van der Waals surface area contributed by atoms with Crippen LogP contribution in [0.1, 0.15) is 24.8 Å². The Kier molecular flexibility index (Phi) is 3.03. The van der Waals surface area contributed by atoms with E-state index >= 15 is 0 Å². The van der Waals surface area contributed by atoms with Crippen LogP contribution in [0.4, 0.5) is 0 Å². The Morgan fingerprint density at radius 2 is 2.07 bits per heavy atom. The second-order valence-electron chi connectivity index (χ2n) is 3.61. The minimum Gasteiger partial charge on any atom is -0.143 e. The van der Waals surface area contributed by atoms with Gasteiger partial charge >= 0.3 is 0 Å². The fourth-order valence-electron chi connectivity index (χ4n) is 1.21. The third kappa shape index (κ3) is 2.36. The molecule has 0 unspecified atom stereocenters. The predicted molar refractivity (Wildman–Crippen MR) is 64.4 cm³/mol. The largest absolute Gasteiger partial charge is 0.147 e. The van der Waals surface area contributed by atoms with Crippen LogP contribution in [-0.4, -0.2) is 10.2 Å². The van der Waals surface area contributed by atoms with E-state index in [1.165, 1.54) is 0 Å². The number of rotatable bonds is 2.